The Kier molecular flexibility index (Phi) is 5.73. The van der Waals surface area contributed by atoms with Gasteiger partial charge >= 0.3 is 12.1 Å². The molecule has 8 heteroatoms. The first kappa shape index (κ1) is 18.9. The molecule has 6 nitrogen and oxygen atoms in total. The van der Waals surface area contributed by atoms with E-state index in [1.807, 2.05) is 0 Å². The lowest BCUT2D eigenvalue weighted by Crippen LogP contribution is -2.27. The van der Waals surface area contributed by atoms with Crippen molar-refractivity contribution >= 4 is 29.1 Å². The van der Waals surface area contributed by atoms with E-state index in [0.717, 1.165) is 0 Å². The van der Waals surface area contributed by atoms with Crippen LogP contribution in [0.1, 0.15) is 38.2 Å². The van der Waals surface area contributed by atoms with E-state index in [2.05, 4.69) is 10.3 Å². The standard InChI is InChI=1S/C17H19FN2O4S/c1-5-23-15(21)13-9-25-14(19-13)10-6-7-12(11(18)8-10)20-16(22)24-17(2,3)4/h6-9H,5H2,1-4H3,(H,20,22). The van der Waals surface area contributed by atoms with E-state index < -0.39 is 23.5 Å². The first-order valence-corrected chi connectivity index (χ1v) is 8.50. The van der Waals surface area contributed by atoms with Crippen molar-refractivity contribution in [1.82, 2.24) is 4.98 Å². The Morgan fingerprint density at radius 3 is 2.64 bits per heavy atom. The summed E-state index contributed by atoms with van der Waals surface area (Å²) in [5, 5.41) is 4.39. The quantitative estimate of drug-likeness (QED) is 0.808. The Balaban J connectivity index is 2.14. The highest BCUT2D eigenvalue weighted by Gasteiger charge is 2.18. The normalized spacial score (nSPS) is 11.1. The summed E-state index contributed by atoms with van der Waals surface area (Å²) in [5.74, 6) is -1.15. The van der Waals surface area contributed by atoms with E-state index >= 15 is 0 Å². The van der Waals surface area contributed by atoms with Gasteiger partial charge in [0.25, 0.3) is 0 Å². The second kappa shape index (κ2) is 7.60. The number of ether oxygens (including phenoxy) is 2. The SMILES string of the molecule is CCOC(=O)c1csc(-c2ccc(NC(=O)OC(C)(C)C)c(F)c2)n1. The molecule has 0 spiro atoms. The van der Waals surface area contributed by atoms with Gasteiger partial charge in [-0.3, -0.25) is 5.32 Å². The number of halogens is 1. The highest BCUT2D eigenvalue weighted by Crippen LogP contribution is 2.27. The molecule has 1 heterocycles. The molecular formula is C17H19FN2O4S. The first-order chi connectivity index (χ1) is 11.7. The summed E-state index contributed by atoms with van der Waals surface area (Å²) in [7, 11) is 0. The minimum absolute atomic E-state index is 0.000160. The summed E-state index contributed by atoms with van der Waals surface area (Å²) in [6.45, 7) is 7.11. The largest absolute Gasteiger partial charge is 0.461 e. The number of hydrogen-bond acceptors (Lipinski definition) is 6. The summed E-state index contributed by atoms with van der Waals surface area (Å²) in [4.78, 5) is 27.5. The van der Waals surface area contributed by atoms with Gasteiger partial charge in [-0.2, -0.15) is 0 Å². The van der Waals surface area contributed by atoms with Crippen molar-refractivity contribution in [1.29, 1.82) is 0 Å². The van der Waals surface area contributed by atoms with Crippen molar-refractivity contribution in [2.45, 2.75) is 33.3 Å². The summed E-state index contributed by atoms with van der Waals surface area (Å²) in [6.07, 6.45) is -0.738. The van der Waals surface area contributed by atoms with Crippen molar-refractivity contribution in [2.75, 3.05) is 11.9 Å². The Labute approximate surface area is 149 Å². The lowest BCUT2D eigenvalue weighted by atomic mass is 10.2. The van der Waals surface area contributed by atoms with Gasteiger partial charge in [-0.15, -0.1) is 11.3 Å². The van der Waals surface area contributed by atoms with Gasteiger partial charge in [-0.25, -0.2) is 19.0 Å². The molecule has 1 N–H and O–H groups in total. The lowest BCUT2D eigenvalue weighted by Gasteiger charge is -2.19. The number of rotatable bonds is 4. The first-order valence-electron chi connectivity index (χ1n) is 7.62. The monoisotopic (exact) mass is 366 g/mol. The van der Waals surface area contributed by atoms with Gasteiger partial charge in [0.15, 0.2) is 5.69 Å². The van der Waals surface area contributed by atoms with Crippen LogP contribution in [-0.2, 0) is 9.47 Å². The number of nitrogens with zero attached hydrogens (tertiary/aromatic N) is 1. The van der Waals surface area contributed by atoms with E-state index in [9.17, 15) is 14.0 Å². The second-order valence-electron chi connectivity index (χ2n) is 6.08. The fourth-order valence-corrected chi connectivity index (χ4v) is 2.65. The number of carbonyl (C=O) groups excluding carboxylic acids is 2. The minimum atomic E-state index is -0.738. The van der Waals surface area contributed by atoms with Crippen LogP contribution in [0, 0.1) is 5.82 Å². The molecule has 134 valence electrons. The zero-order valence-corrected chi connectivity index (χ0v) is 15.2. The van der Waals surface area contributed by atoms with Crippen molar-refractivity contribution < 1.29 is 23.5 Å². The summed E-state index contributed by atoms with van der Waals surface area (Å²) < 4.78 is 24.2. The van der Waals surface area contributed by atoms with Crippen LogP contribution < -0.4 is 5.32 Å². The molecule has 0 saturated heterocycles. The maximum atomic E-state index is 14.2. The average Bonchev–Trinajstić information content (AvgIpc) is 2.97. The maximum absolute atomic E-state index is 14.2. The molecule has 1 amide bonds. The number of thiazole rings is 1. The second-order valence-corrected chi connectivity index (χ2v) is 6.94. The predicted molar refractivity (Wildman–Crippen MR) is 93.3 cm³/mol. The van der Waals surface area contributed by atoms with Crippen LogP contribution in [-0.4, -0.2) is 29.3 Å². The lowest BCUT2D eigenvalue weighted by molar-refractivity contribution is 0.0519. The van der Waals surface area contributed by atoms with E-state index in [-0.39, 0.29) is 18.0 Å². The van der Waals surface area contributed by atoms with Crippen molar-refractivity contribution in [3.63, 3.8) is 0 Å². The summed E-state index contributed by atoms with van der Waals surface area (Å²) in [6, 6.07) is 4.25. The number of carbonyl (C=O) groups is 2. The van der Waals surface area contributed by atoms with Gasteiger partial charge in [-0.1, -0.05) is 0 Å². The third-order valence-electron chi connectivity index (χ3n) is 2.84. The zero-order valence-electron chi connectivity index (χ0n) is 14.4. The number of amides is 1. The van der Waals surface area contributed by atoms with Crippen LogP contribution in [0.4, 0.5) is 14.9 Å². The zero-order chi connectivity index (χ0) is 18.6. The third-order valence-corrected chi connectivity index (χ3v) is 3.73. The van der Waals surface area contributed by atoms with Gasteiger partial charge in [0.1, 0.15) is 16.4 Å². The number of hydrogen-bond donors (Lipinski definition) is 1. The fraction of sp³-hybridized carbons (Fsp3) is 0.353. The van der Waals surface area contributed by atoms with Gasteiger partial charge in [0, 0.05) is 10.9 Å². The van der Waals surface area contributed by atoms with Crippen LogP contribution in [0.3, 0.4) is 0 Å². The molecule has 2 aromatic rings. The Hall–Kier alpha value is -2.48. The fourth-order valence-electron chi connectivity index (χ4n) is 1.87. The van der Waals surface area contributed by atoms with E-state index in [1.54, 1.807) is 39.1 Å². The number of anilines is 1. The number of aromatic nitrogens is 1. The Morgan fingerprint density at radius 2 is 2.04 bits per heavy atom. The molecule has 2 rings (SSSR count). The minimum Gasteiger partial charge on any atom is -0.461 e. The summed E-state index contributed by atoms with van der Waals surface area (Å²) in [5.41, 5.74) is -0.00332. The molecule has 0 atom stereocenters. The molecule has 0 bridgehead atoms. The highest BCUT2D eigenvalue weighted by molar-refractivity contribution is 7.13. The van der Waals surface area contributed by atoms with Gasteiger partial charge < -0.3 is 9.47 Å². The molecular weight excluding hydrogens is 347 g/mol. The molecule has 1 aromatic heterocycles. The van der Waals surface area contributed by atoms with Crippen LogP contribution in [0.5, 0.6) is 0 Å². The molecule has 0 aliphatic heterocycles. The number of nitrogens with one attached hydrogen (secondary N) is 1. The van der Waals surface area contributed by atoms with Gasteiger partial charge in [-0.05, 0) is 45.9 Å². The van der Waals surface area contributed by atoms with Gasteiger partial charge in [0.2, 0.25) is 0 Å². The van der Waals surface area contributed by atoms with Crippen LogP contribution in [0.25, 0.3) is 10.6 Å². The molecule has 0 aliphatic carbocycles. The molecule has 1 aromatic carbocycles. The molecule has 25 heavy (non-hydrogen) atoms. The predicted octanol–water partition coefficient (Wildman–Crippen LogP) is 4.47. The average molecular weight is 366 g/mol. The smallest absolute Gasteiger partial charge is 0.412 e. The van der Waals surface area contributed by atoms with Crippen LogP contribution in [0.15, 0.2) is 23.6 Å². The van der Waals surface area contributed by atoms with E-state index in [0.29, 0.717) is 10.6 Å². The van der Waals surface area contributed by atoms with Crippen molar-refractivity contribution in [2.24, 2.45) is 0 Å². The molecule has 0 fully saturated rings. The molecule has 0 aliphatic rings. The third kappa shape index (κ3) is 5.25. The molecule has 0 radical (unpaired) electrons. The molecule has 0 saturated carbocycles. The van der Waals surface area contributed by atoms with E-state index in [1.165, 1.54) is 23.5 Å². The van der Waals surface area contributed by atoms with Crippen molar-refractivity contribution in [3.05, 3.63) is 35.1 Å². The number of esters is 1. The van der Waals surface area contributed by atoms with Crippen LogP contribution in [0.2, 0.25) is 0 Å². The maximum Gasteiger partial charge on any atom is 0.412 e. The number of benzene rings is 1. The van der Waals surface area contributed by atoms with Gasteiger partial charge in [0.05, 0.1) is 12.3 Å². The molecule has 0 unspecified atom stereocenters. The van der Waals surface area contributed by atoms with Crippen LogP contribution >= 0.6 is 11.3 Å². The Bertz CT molecular complexity index is 783. The van der Waals surface area contributed by atoms with E-state index in [4.69, 9.17) is 9.47 Å². The Morgan fingerprint density at radius 1 is 1.32 bits per heavy atom. The topological polar surface area (TPSA) is 77.5 Å². The van der Waals surface area contributed by atoms with Crippen molar-refractivity contribution in [3.8, 4) is 10.6 Å². The summed E-state index contributed by atoms with van der Waals surface area (Å²) >= 11 is 1.20. The highest BCUT2D eigenvalue weighted by atomic mass is 32.1.